The summed E-state index contributed by atoms with van der Waals surface area (Å²) in [6.45, 7) is 0. The minimum absolute atomic E-state index is 0.127. The van der Waals surface area contributed by atoms with Gasteiger partial charge < -0.3 is 4.74 Å². The molecule has 18 heavy (non-hydrogen) atoms. The highest BCUT2D eigenvalue weighted by molar-refractivity contribution is 6.16. The minimum Gasteiger partial charge on any atom is -0.490 e. The number of ether oxygens (including phenoxy) is 1. The van der Waals surface area contributed by atoms with Gasteiger partial charge in [0.1, 0.15) is 0 Å². The predicted molar refractivity (Wildman–Crippen MR) is 64.1 cm³/mol. The third-order valence-corrected chi connectivity index (χ3v) is 2.58. The molecule has 0 amide bonds. The van der Waals surface area contributed by atoms with E-state index in [-0.39, 0.29) is 17.3 Å². The Hall–Kier alpha value is -2.15. The van der Waals surface area contributed by atoms with Gasteiger partial charge in [-0.2, -0.15) is 0 Å². The molecule has 2 aromatic rings. The number of nitro benzene ring substituents is 1. The van der Waals surface area contributed by atoms with Crippen molar-refractivity contribution in [1.29, 1.82) is 0 Å². The summed E-state index contributed by atoms with van der Waals surface area (Å²) in [7, 11) is 1.38. The van der Waals surface area contributed by atoms with Crippen LogP contribution in [0.1, 0.15) is 5.69 Å². The Labute approximate surface area is 107 Å². The molecule has 94 valence electrons. The zero-order chi connectivity index (χ0) is 13.1. The van der Waals surface area contributed by atoms with Gasteiger partial charge in [-0.15, -0.1) is 16.7 Å². The topological polar surface area (TPSA) is 83.1 Å². The third-order valence-electron chi connectivity index (χ3n) is 2.30. The molecule has 0 saturated heterocycles. The summed E-state index contributed by atoms with van der Waals surface area (Å²) < 4.78 is 6.34. The van der Waals surface area contributed by atoms with Crippen LogP contribution in [0.4, 0.5) is 5.69 Å². The van der Waals surface area contributed by atoms with E-state index in [1.54, 1.807) is 12.3 Å². The van der Waals surface area contributed by atoms with Crippen LogP contribution in [0.3, 0.4) is 0 Å². The van der Waals surface area contributed by atoms with E-state index in [0.29, 0.717) is 11.4 Å². The van der Waals surface area contributed by atoms with E-state index in [9.17, 15) is 10.1 Å². The van der Waals surface area contributed by atoms with Crippen LogP contribution in [0.25, 0.3) is 5.69 Å². The molecule has 1 heterocycles. The average Bonchev–Trinajstić information content (AvgIpc) is 2.86. The highest BCUT2D eigenvalue weighted by Gasteiger charge is 2.16. The lowest BCUT2D eigenvalue weighted by Gasteiger charge is -2.04. The Bertz CT molecular complexity index is 584. The number of nitro groups is 1. The largest absolute Gasteiger partial charge is 0.490 e. The molecule has 0 aliphatic rings. The molecule has 8 heteroatoms. The van der Waals surface area contributed by atoms with Crippen molar-refractivity contribution < 1.29 is 9.66 Å². The summed E-state index contributed by atoms with van der Waals surface area (Å²) in [6.07, 6.45) is 1.61. The number of alkyl halides is 1. The van der Waals surface area contributed by atoms with Gasteiger partial charge in [-0.3, -0.25) is 10.1 Å². The van der Waals surface area contributed by atoms with Crippen LogP contribution >= 0.6 is 11.6 Å². The molecule has 0 N–H and O–H groups in total. The van der Waals surface area contributed by atoms with E-state index in [1.807, 2.05) is 0 Å². The quantitative estimate of drug-likeness (QED) is 0.480. The van der Waals surface area contributed by atoms with Crippen molar-refractivity contribution in [2.45, 2.75) is 5.88 Å². The van der Waals surface area contributed by atoms with Gasteiger partial charge in [0.15, 0.2) is 5.75 Å². The Kier molecular flexibility index (Phi) is 3.42. The first kappa shape index (κ1) is 12.3. The molecule has 0 atom stereocenters. The number of benzene rings is 1. The van der Waals surface area contributed by atoms with Crippen molar-refractivity contribution in [3.8, 4) is 11.4 Å². The van der Waals surface area contributed by atoms with Gasteiger partial charge in [-0.05, 0) is 12.1 Å². The SMILES string of the molecule is COc1ccc(-n2cc(CCl)nn2)cc1[N+](=O)[O-]. The smallest absolute Gasteiger partial charge is 0.313 e. The number of nitrogens with zero attached hydrogens (tertiary/aromatic N) is 4. The molecule has 0 saturated carbocycles. The van der Waals surface area contributed by atoms with Gasteiger partial charge in [0.2, 0.25) is 0 Å². The number of hydrogen-bond acceptors (Lipinski definition) is 5. The van der Waals surface area contributed by atoms with Crippen molar-refractivity contribution >= 4 is 17.3 Å². The summed E-state index contributed by atoms with van der Waals surface area (Å²) in [5, 5.41) is 18.5. The van der Waals surface area contributed by atoms with Crippen LogP contribution in [-0.2, 0) is 5.88 Å². The summed E-state index contributed by atoms with van der Waals surface area (Å²) in [4.78, 5) is 10.4. The van der Waals surface area contributed by atoms with Crippen molar-refractivity contribution in [3.05, 3.63) is 40.2 Å². The monoisotopic (exact) mass is 268 g/mol. The molecule has 0 bridgehead atoms. The summed E-state index contributed by atoms with van der Waals surface area (Å²) in [5.41, 5.74) is 0.986. The maximum absolute atomic E-state index is 10.9. The predicted octanol–water partition coefficient (Wildman–Crippen LogP) is 1.92. The van der Waals surface area contributed by atoms with E-state index < -0.39 is 4.92 Å². The van der Waals surface area contributed by atoms with Crippen molar-refractivity contribution in [2.75, 3.05) is 7.11 Å². The second-order valence-electron chi connectivity index (χ2n) is 3.40. The molecule has 1 aromatic heterocycles. The number of halogens is 1. The van der Waals surface area contributed by atoms with Gasteiger partial charge in [0.25, 0.3) is 0 Å². The first-order valence-corrected chi connectivity index (χ1v) is 5.49. The fourth-order valence-electron chi connectivity index (χ4n) is 1.45. The van der Waals surface area contributed by atoms with Crippen LogP contribution in [0.5, 0.6) is 5.75 Å². The van der Waals surface area contributed by atoms with Crippen LogP contribution in [0.2, 0.25) is 0 Å². The van der Waals surface area contributed by atoms with Crippen molar-refractivity contribution in [3.63, 3.8) is 0 Å². The second kappa shape index (κ2) is 5.01. The second-order valence-corrected chi connectivity index (χ2v) is 3.67. The molecule has 0 aliphatic heterocycles. The van der Waals surface area contributed by atoms with E-state index in [4.69, 9.17) is 16.3 Å². The Morgan fingerprint density at radius 1 is 1.56 bits per heavy atom. The van der Waals surface area contributed by atoms with E-state index in [0.717, 1.165) is 0 Å². The van der Waals surface area contributed by atoms with Crippen LogP contribution in [-0.4, -0.2) is 27.0 Å². The number of aromatic nitrogens is 3. The molecule has 0 spiro atoms. The van der Waals surface area contributed by atoms with Gasteiger partial charge in [-0.1, -0.05) is 5.21 Å². The fourth-order valence-corrected chi connectivity index (χ4v) is 1.57. The Morgan fingerprint density at radius 2 is 2.33 bits per heavy atom. The number of hydrogen-bond donors (Lipinski definition) is 0. The number of rotatable bonds is 4. The maximum Gasteiger partial charge on any atom is 0.313 e. The van der Waals surface area contributed by atoms with E-state index in [2.05, 4.69) is 10.3 Å². The molecule has 0 fully saturated rings. The zero-order valence-corrected chi connectivity index (χ0v) is 10.2. The van der Waals surface area contributed by atoms with Gasteiger partial charge >= 0.3 is 5.69 Å². The molecular formula is C10H9ClN4O3. The highest BCUT2D eigenvalue weighted by Crippen LogP contribution is 2.28. The fraction of sp³-hybridized carbons (Fsp3) is 0.200. The van der Waals surface area contributed by atoms with Gasteiger partial charge in [0.05, 0.1) is 35.5 Å². The Balaban J connectivity index is 2.46. The lowest BCUT2D eigenvalue weighted by Crippen LogP contribution is -1.99. The molecule has 0 radical (unpaired) electrons. The first-order valence-electron chi connectivity index (χ1n) is 4.95. The minimum atomic E-state index is -0.512. The van der Waals surface area contributed by atoms with Gasteiger partial charge in [-0.25, -0.2) is 4.68 Å². The average molecular weight is 269 g/mol. The Morgan fingerprint density at radius 3 is 2.89 bits per heavy atom. The van der Waals surface area contributed by atoms with E-state index in [1.165, 1.54) is 23.9 Å². The molecule has 2 rings (SSSR count). The molecule has 7 nitrogen and oxygen atoms in total. The van der Waals surface area contributed by atoms with Crippen LogP contribution in [0.15, 0.2) is 24.4 Å². The van der Waals surface area contributed by atoms with E-state index >= 15 is 0 Å². The summed E-state index contributed by atoms with van der Waals surface area (Å²) in [5.74, 6) is 0.430. The van der Waals surface area contributed by atoms with Crippen LogP contribution < -0.4 is 4.74 Å². The summed E-state index contributed by atoms with van der Waals surface area (Å²) >= 11 is 5.61. The lowest BCUT2D eigenvalue weighted by atomic mass is 10.2. The summed E-state index contributed by atoms with van der Waals surface area (Å²) in [6, 6.07) is 4.53. The third kappa shape index (κ3) is 2.25. The molecule has 0 unspecified atom stereocenters. The molecule has 1 aromatic carbocycles. The van der Waals surface area contributed by atoms with Crippen molar-refractivity contribution in [1.82, 2.24) is 15.0 Å². The normalized spacial score (nSPS) is 10.3. The van der Waals surface area contributed by atoms with Crippen LogP contribution in [0, 0.1) is 10.1 Å². The standard InChI is InChI=1S/C10H9ClN4O3/c1-18-10-3-2-8(4-9(10)15(16)17)14-6-7(5-11)12-13-14/h2-4,6H,5H2,1H3. The maximum atomic E-state index is 10.9. The molecular weight excluding hydrogens is 260 g/mol. The zero-order valence-electron chi connectivity index (χ0n) is 9.41. The van der Waals surface area contributed by atoms with Gasteiger partial charge in [0, 0.05) is 6.07 Å². The first-order chi connectivity index (χ1) is 8.65. The highest BCUT2D eigenvalue weighted by atomic mass is 35.5. The van der Waals surface area contributed by atoms with Crippen molar-refractivity contribution in [2.24, 2.45) is 0 Å². The number of methoxy groups -OCH3 is 1. The molecule has 0 aliphatic carbocycles. The lowest BCUT2D eigenvalue weighted by molar-refractivity contribution is -0.385.